The summed E-state index contributed by atoms with van der Waals surface area (Å²) >= 11 is 0. The Morgan fingerprint density at radius 2 is 2.00 bits per heavy atom. The number of amides is 1. The zero-order valence-electron chi connectivity index (χ0n) is 12.0. The van der Waals surface area contributed by atoms with Gasteiger partial charge in [-0.25, -0.2) is 9.18 Å². The van der Waals surface area contributed by atoms with E-state index in [0.717, 1.165) is 0 Å². The molecule has 0 bridgehead atoms. The third kappa shape index (κ3) is 2.63. The third-order valence-electron chi connectivity index (χ3n) is 4.03. The number of carboxylic acid groups (broad SMARTS) is 1. The van der Waals surface area contributed by atoms with Crippen LogP contribution in [0.4, 0.5) is 4.39 Å². The smallest absolute Gasteiger partial charge is 0.343 e. The second-order valence-corrected chi connectivity index (χ2v) is 5.35. The molecule has 1 aromatic rings. The Kier molecular flexibility index (Phi) is 4.00. The van der Waals surface area contributed by atoms with Gasteiger partial charge in [0.25, 0.3) is 5.91 Å². The molecule has 1 heterocycles. The van der Waals surface area contributed by atoms with Crippen molar-refractivity contribution in [1.29, 1.82) is 0 Å². The molecule has 0 radical (unpaired) electrons. The number of likely N-dealkylation sites (tertiary alicyclic amines) is 1. The van der Waals surface area contributed by atoms with Crippen molar-refractivity contribution in [3.63, 3.8) is 0 Å². The van der Waals surface area contributed by atoms with E-state index in [-0.39, 0.29) is 13.0 Å². The first-order valence-corrected chi connectivity index (χ1v) is 6.66. The van der Waals surface area contributed by atoms with Crippen molar-refractivity contribution in [2.45, 2.75) is 24.6 Å². The first kappa shape index (κ1) is 15.4. The Morgan fingerprint density at radius 1 is 1.38 bits per heavy atom. The highest BCUT2D eigenvalue weighted by Gasteiger charge is 2.50. The number of carboxylic acids is 1. The van der Waals surface area contributed by atoms with Gasteiger partial charge in [0, 0.05) is 20.1 Å². The van der Waals surface area contributed by atoms with Crippen molar-refractivity contribution in [3.05, 3.63) is 35.9 Å². The predicted octanol–water partition coefficient (Wildman–Crippen LogP) is 1.57. The van der Waals surface area contributed by atoms with Crippen molar-refractivity contribution in [2.75, 3.05) is 20.2 Å². The standard InChI is InChI=1S/C15H18FNO4/c1-14(21-2,11-6-4-3-5-7-11)12(18)17-9-8-15(16,10-17)13(19)20/h3-7H,8-10H2,1-2H3,(H,19,20). The molecule has 0 saturated carbocycles. The Morgan fingerprint density at radius 3 is 2.48 bits per heavy atom. The fraction of sp³-hybridized carbons (Fsp3) is 0.467. The number of ether oxygens (including phenoxy) is 1. The van der Waals surface area contributed by atoms with Gasteiger partial charge >= 0.3 is 5.97 Å². The van der Waals surface area contributed by atoms with Crippen molar-refractivity contribution in [2.24, 2.45) is 0 Å². The van der Waals surface area contributed by atoms with Gasteiger partial charge in [-0.3, -0.25) is 4.79 Å². The summed E-state index contributed by atoms with van der Waals surface area (Å²) in [4.78, 5) is 24.8. The second kappa shape index (κ2) is 5.44. The fourth-order valence-corrected chi connectivity index (χ4v) is 2.51. The van der Waals surface area contributed by atoms with Crippen LogP contribution in [0.5, 0.6) is 0 Å². The van der Waals surface area contributed by atoms with Crippen LogP contribution in [0.3, 0.4) is 0 Å². The number of methoxy groups -OCH3 is 1. The van der Waals surface area contributed by atoms with E-state index in [0.29, 0.717) is 5.56 Å². The molecule has 1 fully saturated rings. The summed E-state index contributed by atoms with van der Waals surface area (Å²) in [7, 11) is 1.40. The van der Waals surface area contributed by atoms with Crippen molar-refractivity contribution >= 4 is 11.9 Å². The van der Waals surface area contributed by atoms with Crippen LogP contribution in [0.2, 0.25) is 0 Å². The minimum absolute atomic E-state index is 0.0629. The van der Waals surface area contributed by atoms with Crippen molar-refractivity contribution in [3.8, 4) is 0 Å². The monoisotopic (exact) mass is 295 g/mol. The highest BCUT2D eigenvalue weighted by molar-refractivity contribution is 5.88. The normalized spacial score (nSPS) is 24.6. The van der Waals surface area contributed by atoms with Crippen molar-refractivity contribution < 1.29 is 23.8 Å². The molecule has 21 heavy (non-hydrogen) atoms. The molecule has 1 aliphatic heterocycles. The number of carbonyl (C=O) groups excluding carboxylic acids is 1. The molecule has 1 amide bonds. The number of carbonyl (C=O) groups is 2. The zero-order valence-corrected chi connectivity index (χ0v) is 12.0. The molecule has 2 rings (SSSR count). The van der Waals surface area contributed by atoms with Crippen LogP contribution in [-0.2, 0) is 19.9 Å². The minimum Gasteiger partial charge on any atom is -0.479 e. The molecule has 1 aromatic carbocycles. The van der Waals surface area contributed by atoms with E-state index in [1.807, 2.05) is 6.07 Å². The number of nitrogens with zero attached hydrogens (tertiary/aromatic N) is 1. The summed E-state index contributed by atoms with van der Waals surface area (Å²) in [5.74, 6) is -1.96. The van der Waals surface area contributed by atoms with Crippen LogP contribution in [0.1, 0.15) is 18.9 Å². The minimum atomic E-state index is -2.37. The Labute approximate surface area is 122 Å². The Bertz CT molecular complexity index is 550. The molecule has 1 N–H and O–H groups in total. The van der Waals surface area contributed by atoms with E-state index < -0.39 is 29.7 Å². The van der Waals surface area contributed by atoms with E-state index >= 15 is 0 Å². The molecular formula is C15H18FNO4. The fourth-order valence-electron chi connectivity index (χ4n) is 2.51. The summed E-state index contributed by atoms with van der Waals surface area (Å²) in [5.41, 5.74) is -2.99. The third-order valence-corrected chi connectivity index (χ3v) is 4.03. The highest BCUT2D eigenvalue weighted by atomic mass is 19.1. The second-order valence-electron chi connectivity index (χ2n) is 5.35. The number of hydrogen-bond acceptors (Lipinski definition) is 3. The maximum Gasteiger partial charge on any atom is 0.343 e. The lowest BCUT2D eigenvalue weighted by Gasteiger charge is -2.32. The van der Waals surface area contributed by atoms with Crippen LogP contribution >= 0.6 is 0 Å². The summed E-state index contributed by atoms with van der Waals surface area (Å²) in [6.07, 6.45) is -0.206. The van der Waals surface area contributed by atoms with E-state index in [2.05, 4.69) is 0 Å². The highest BCUT2D eigenvalue weighted by Crippen LogP contribution is 2.32. The molecule has 1 aliphatic rings. The van der Waals surface area contributed by atoms with E-state index in [1.165, 1.54) is 12.0 Å². The summed E-state index contributed by atoms with van der Waals surface area (Å²) in [6, 6.07) is 8.87. The van der Waals surface area contributed by atoms with E-state index in [1.54, 1.807) is 31.2 Å². The first-order valence-electron chi connectivity index (χ1n) is 6.66. The summed E-state index contributed by atoms with van der Waals surface area (Å²) in [5, 5.41) is 8.90. The van der Waals surface area contributed by atoms with Crippen LogP contribution < -0.4 is 0 Å². The van der Waals surface area contributed by atoms with Gasteiger partial charge in [0.05, 0.1) is 6.54 Å². The predicted molar refractivity (Wildman–Crippen MR) is 73.5 cm³/mol. The topological polar surface area (TPSA) is 66.8 Å². The van der Waals surface area contributed by atoms with Gasteiger partial charge in [0.2, 0.25) is 5.67 Å². The molecule has 2 atom stereocenters. The zero-order chi connectivity index (χ0) is 15.7. The van der Waals surface area contributed by atoms with Crippen LogP contribution in [0.15, 0.2) is 30.3 Å². The molecule has 1 saturated heterocycles. The van der Waals surface area contributed by atoms with E-state index in [9.17, 15) is 14.0 Å². The maximum absolute atomic E-state index is 14.1. The Hall–Kier alpha value is -1.95. The molecule has 0 spiro atoms. The molecule has 6 heteroatoms. The quantitative estimate of drug-likeness (QED) is 0.915. The number of rotatable bonds is 4. The van der Waals surface area contributed by atoms with Gasteiger partial charge in [-0.05, 0) is 12.5 Å². The lowest BCUT2D eigenvalue weighted by Crippen LogP contribution is -2.47. The number of hydrogen-bond donors (Lipinski definition) is 1. The summed E-state index contributed by atoms with van der Waals surface area (Å²) in [6.45, 7) is 1.21. The number of benzene rings is 1. The Balaban J connectivity index is 2.25. The van der Waals surface area contributed by atoms with Crippen LogP contribution in [0, 0.1) is 0 Å². The van der Waals surface area contributed by atoms with E-state index in [4.69, 9.17) is 9.84 Å². The summed E-state index contributed by atoms with van der Waals surface area (Å²) < 4.78 is 19.5. The molecule has 0 aromatic heterocycles. The first-order chi connectivity index (χ1) is 9.83. The molecule has 114 valence electrons. The maximum atomic E-state index is 14.1. The SMILES string of the molecule is COC(C)(C(=O)N1CCC(F)(C(=O)O)C1)c1ccccc1. The van der Waals surface area contributed by atoms with Gasteiger partial charge in [-0.1, -0.05) is 30.3 Å². The number of alkyl halides is 1. The van der Waals surface area contributed by atoms with Gasteiger partial charge in [0.15, 0.2) is 5.60 Å². The average Bonchev–Trinajstić information content (AvgIpc) is 2.90. The van der Waals surface area contributed by atoms with Crippen LogP contribution in [-0.4, -0.2) is 47.8 Å². The van der Waals surface area contributed by atoms with Crippen LogP contribution in [0.25, 0.3) is 0 Å². The molecular weight excluding hydrogens is 277 g/mol. The van der Waals surface area contributed by atoms with Gasteiger partial charge < -0.3 is 14.7 Å². The lowest BCUT2D eigenvalue weighted by atomic mass is 9.94. The van der Waals surface area contributed by atoms with Crippen molar-refractivity contribution in [1.82, 2.24) is 4.90 Å². The molecule has 0 aliphatic carbocycles. The van der Waals surface area contributed by atoms with Gasteiger partial charge in [0.1, 0.15) is 0 Å². The average molecular weight is 295 g/mol. The number of aliphatic carboxylic acids is 1. The lowest BCUT2D eigenvalue weighted by molar-refractivity contribution is -0.156. The number of halogens is 1. The molecule has 2 unspecified atom stereocenters. The van der Waals surface area contributed by atoms with Gasteiger partial charge in [-0.15, -0.1) is 0 Å². The van der Waals surface area contributed by atoms with Gasteiger partial charge in [-0.2, -0.15) is 0 Å². The largest absolute Gasteiger partial charge is 0.479 e. The molecule has 5 nitrogen and oxygen atoms in total.